The summed E-state index contributed by atoms with van der Waals surface area (Å²) >= 11 is 0. The predicted molar refractivity (Wildman–Crippen MR) is 124 cm³/mol. The number of aliphatic hydroxyl groups is 1. The van der Waals surface area contributed by atoms with Crippen molar-refractivity contribution in [2.24, 2.45) is 56.6 Å². The third kappa shape index (κ3) is 3.35. The number of fused-ring (bicyclic) bond motifs is 6. The Balaban J connectivity index is 1.33. The minimum Gasteiger partial charge on any atom is -0.393 e. The van der Waals surface area contributed by atoms with Gasteiger partial charge in [-0.15, -0.1) is 6.42 Å². The van der Waals surface area contributed by atoms with E-state index in [2.05, 4.69) is 32.0 Å². The molecule has 0 aromatic carbocycles. The third-order valence-corrected chi connectivity index (χ3v) is 11.0. The Morgan fingerprint density at radius 1 is 1.16 bits per heavy atom. The number of hydrogen-bond donors (Lipinski definition) is 2. The topological polar surface area (TPSA) is 74.0 Å². The highest BCUT2D eigenvalue weighted by molar-refractivity contribution is 5.76. The van der Waals surface area contributed by atoms with E-state index in [0.29, 0.717) is 59.3 Å². The van der Waals surface area contributed by atoms with Gasteiger partial charge in [0.05, 0.1) is 12.6 Å². The molecule has 0 aromatic heterocycles. The van der Waals surface area contributed by atoms with E-state index in [4.69, 9.17) is 16.7 Å². The van der Waals surface area contributed by atoms with E-state index in [0.717, 1.165) is 32.1 Å². The number of nitrogens with zero attached hydrogens (tertiary/aromatic N) is 2. The van der Waals surface area contributed by atoms with Crippen molar-refractivity contribution in [2.75, 3.05) is 6.54 Å². The highest BCUT2D eigenvalue weighted by Gasteiger charge is 2.70. The number of rotatable bonds is 5. The molecule has 4 aliphatic carbocycles. The Kier molecular flexibility index (Phi) is 5.48. The Labute approximate surface area is 193 Å². The molecule has 0 aromatic rings. The molecule has 5 rings (SSSR count). The lowest BCUT2D eigenvalue weighted by Gasteiger charge is -2.62. The molecular weight excluding hydrogens is 398 g/mol. The molecule has 5 nitrogen and oxygen atoms in total. The summed E-state index contributed by atoms with van der Waals surface area (Å²) in [7, 11) is 0. The largest absolute Gasteiger partial charge is 0.393 e. The SMILES string of the molecule is C#CCNC(=O)CC[C@@H](C)[C@H]1CC[C@H]2[C@H]3[C@H](CC[C@]12C)[C@@]1(C)CC[C@@H](O)C[C@H]1CC31N=N1. The maximum Gasteiger partial charge on any atom is 0.220 e. The fraction of sp³-hybridized carbons (Fsp3) is 0.889. The fourth-order valence-corrected chi connectivity index (χ4v) is 9.28. The van der Waals surface area contributed by atoms with E-state index in [-0.39, 0.29) is 17.7 Å². The first kappa shape index (κ1) is 22.4. The lowest BCUT2D eigenvalue weighted by Crippen LogP contribution is -2.60. The van der Waals surface area contributed by atoms with Crippen LogP contribution >= 0.6 is 0 Å². The first-order valence-electron chi connectivity index (χ1n) is 13.1. The third-order valence-electron chi connectivity index (χ3n) is 11.0. The Morgan fingerprint density at radius 3 is 2.59 bits per heavy atom. The molecule has 5 heteroatoms. The Morgan fingerprint density at radius 2 is 1.88 bits per heavy atom. The molecule has 4 fully saturated rings. The molecule has 0 bridgehead atoms. The van der Waals surface area contributed by atoms with Crippen molar-refractivity contribution in [3.63, 3.8) is 0 Å². The summed E-state index contributed by atoms with van der Waals surface area (Å²) in [6, 6.07) is 0. The summed E-state index contributed by atoms with van der Waals surface area (Å²) in [6.45, 7) is 7.77. The second-order valence-corrected chi connectivity index (χ2v) is 12.4. The van der Waals surface area contributed by atoms with Gasteiger partial charge < -0.3 is 10.4 Å². The van der Waals surface area contributed by atoms with Gasteiger partial charge in [0.1, 0.15) is 0 Å². The summed E-state index contributed by atoms with van der Waals surface area (Å²) in [5.74, 6) is 6.29. The van der Waals surface area contributed by atoms with E-state index in [9.17, 15) is 9.90 Å². The molecule has 0 saturated heterocycles. The highest BCUT2D eigenvalue weighted by Crippen LogP contribution is 2.72. The number of nitrogens with one attached hydrogen (secondary N) is 1. The van der Waals surface area contributed by atoms with Gasteiger partial charge in [-0.05, 0) is 91.8 Å². The zero-order chi connectivity index (χ0) is 22.7. The number of carbonyl (C=O) groups is 1. The standard InChI is InChI=1S/C27H41N3O2/c1-5-14-28-23(32)9-6-17(2)20-7-8-21-24-22(11-13-26(20,21)4)25(3)12-10-19(31)15-18(25)16-27(24)29-30-27/h1,17-22,24,31H,6-16H2,2-4H3,(H,28,32)/t17-,18+,19-,20-,21+,22+,24+,25+,26-/m1/s1. The maximum absolute atomic E-state index is 12.1. The van der Waals surface area contributed by atoms with Gasteiger partial charge in [-0.3, -0.25) is 4.79 Å². The average molecular weight is 440 g/mol. The van der Waals surface area contributed by atoms with E-state index < -0.39 is 0 Å². The van der Waals surface area contributed by atoms with Crippen molar-refractivity contribution in [2.45, 2.75) is 96.7 Å². The lowest BCUT2D eigenvalue weighted by atomic mass is 9.42. The van der Waals surface area contributed by atoms with Crippen molar-refractivity contribution in [1.29, 1.82) is 0 Å². The fourth-order valence-electron chi connectivity index (χ4n) is 9.28. The summed E-state index contributed by atoms with van der Waals surface area (Å²) in [4.78, 5) is 12.1. The zero-order valence-electron chi connectivity index (χ0n) is 20.1. The second kappa shape index (κ2) is 7.83. The molecule has 1 heterocycles. The smallest absolute Gasteiger partial charge is 0.220 e. The minimum atomic E-state index is -0.147. The average Bonchev–Trinajstić information content (AvgIpc) is 3.44. The van der Waals surface area contributed by atoms with Crippen molar-refractivity contribution in [3.05, 3.63) is 0 Å². The van der Waals surface area contributed by atoms with E-state index in [1.165, 1.54) is 25.7 Å². The van der Waals surface area contributed by atoms with Crippen LogP contribution in [0.2, 0.25) is 0 Å². The van der Waals surface area contributed by atoms with Crippen molar-refractivity contribution < 1.29 is 9.90 Å². The molecule has 1 amide bonds. The molecule has 176 valence electrons. The van der Waals surface area contributed by atoms with Crippen LogP contribution in [0, 0.1) is 58.7 Å². The summed E-state index contributed by atoms with van der Waals surface area (Å²) in [5, 5.41) is 22.7. The zero-order valence-corrected chi connectivity index (χ0v) is 20.1. The predicted octanol–water partition coefficient (Wildman–Crippen LogP) is 4.94. The van der Waals surface area contributed by atoms with Gasteiger partial charge in [-0.1, -0.05) is 26.7 Å². The van der Waals surface area contributed by atoms with Crippen LogP contribution in [0.25, 0.3) is 0 Å². The maximum atomic E-state index is 12.1. The van der Waals surface area contributed by atoms with Crippen LogP contribution in [0.1, 0.15) is 85.0 Å². The molecule has 5 aliphatic rings. The molecular formula is C27H41N3O2. The van der Waals surface area contributed by atoms with Crippen LogP contribution in [-0.2, 0) is 4.79 Å². The lowest BCUT2D eigenvalue weighted by molar-refractivity contribution is -0.146. The van der Waals surface area contributed by atoms with Crippen molar-refractivity contribution in [3.8, 4) is 12.3 Å². The van der Waals surface area contributed by atoms with Crippen LogP contribution in [0.15, 0.2) is 10.2 Å². The molecule has 4 saturated carbocycles. The van der Waals surface area contributed by atoms with E-state index in [1.54, 1.807) is 0 Å². The van der Waals surface area contributed by atoms with Crippen molar-refractivity contribution >= 4 is 5.91 Å². The Hall–Kier alpha value is -1.41. The van der Waals surface area contributed by atoms with Gasteiger partial charge in [-0.25, -0.2) is 0 Å². The first-order chi connectivity index (χ1) is 15.2. The summed E-state index contributed by atoms with van der Waals surface area (Å²) < 4.78 is 0. The van der Waals surface area contributed by atoms with Gasteiger partial charge in [0.15, 0.2) is 5.66 Å². The van der Waals surface area contributed by atoms with Crippen LogP contribution in [-0.4, -0.2) is 29.3 Å². The number of aliphatic hydroxyl groups excluding tert-OH is 1. The van der Waals surface area contributed by atoms with Crippen LogP contribution < -0.4 is 5.32 Å². The van der Waals surface area contributed by atoms with E-state index in [1.807, 2.05) is 0 Å². The molecule has 1 spiro atoms. The molecule has 2 N–H and O–H groups in total. The Bertz CT molecular complexity index is 827. The van der Waals surface area contributed by atoms with Crippen molar-refractivity contribution in [1.82, 2.24) is 5.32 Å². The van der Waals surface area contributed by atoms with Crippen LogP contribution in [0.3, 0.4) is 0 Å². The van der Waals surface area contributed by atoms with Crippen LogP contribution in [0.4, 0.5) is 0 Å². The van der Waals surface area contributed by atoms with Gasteiger partial charge in [0.25, 0.3) is 0 Å². The minimum absolute atomic E-state index is 0.0819. The number of amides is 1. The molecule has 1 aliphatic heterocycles. The second-order valence-electron chi connectivity index (χ2n) is 12.4. The van der Waals surface area contributed by atoms with Gasteiger partial charge >= 0.3 is 0 Å². The number of hydrogen-bond acceptors (Lipinski definition) is 4. The first-order valence-corrected chi connectivity index (χ1v) is 13.1. The summed E-state index contributed by atoms with van der Waals surface area (Å²) in [5.41, 5.74) is 0.516. The van der Waals surface area contributed by atoms with Gasteiger partial charge in [-0.2, -0.15) is 10.2 Å². The number of terminal acetylenes is 1. The molecule has 0 unspecified atom stereocenters. The number of carbonyl (C=O) groups excluding carboxylic acids is 1. The van der Waals surface area contributed by atoms with Gasteiger partial charge in [0, 0.05) is 18.8 Å². The van der Waals surface area contributed by atoms with E-state index >= 15 is 0 Å². The highest BCUT2D eigenvalue weighted by atomic mass is 16.3. The summed E-state index contributed by atoms with van der Waals surface area (Å²) in [6.07, 6.45) is 15.9. The molecule has 32 heavy (non-hydrogen) atoms. The normalized spacial score (nSPS) is 46.5. The van der Waals surface area contributed by atoms with Gasteiger partial charge in [0.2, 0.25) is 5.91 Å². The van der Waals surface area contributed by atoms with Crippen LogP contribution in [0.5, 0.6) is 0 Å². The quantitative estimate of drug-likeness (QED) is 0.595. The molecule has 0 radical (unpaired) electrons. The monoisotopic (exact) mass is 439 g/mol. The molecule has 9 atom stereocenters.